The maximum Gasteiger partial charge on any atom is 0.0640 e. The third-order valence-electron chi connectivity index (χ3n) is 6.47. The Labute approximate surface area is 169 Å². The lowest BCUT2D eigenvalue weighted by molar-refractivity contribution is 0.429. The average Bonchev–Trinajstić information content (AvgIpc) is 3.22. The number of fused-ring (bicyclic) bond motifs is 5. The predicted molar refractivity (Wildman–Crippen MR) is 119 cm³/mol. The van der Waals surface area contributed by atoms with Gasteiger partial charge in [-0.3, -0.25) is 0 Å². The highest BCUT2D eigenvalue weighted by Crippen LogP contribution is 2.53. The number of allylic oxidation sites excluding steroid dienone is 2. The van der Waals surface area contributed by atoms with Crippen molar-refractivity contribution in [2.24, 2.45) is 5.92 Å². The minimum Gasteiger partial charge on any atom is -0.376 e. The lowest BCUT2D eigenvalue weighted by Crippen LogP contribution is -2.29. The maximum atomic E-state index is 6.64. The highest BCUT2D eigenvalue weighted by Gasteiger charge is 2.39. The molecule has 1 nitrogen and oxygen atoms in total. The lowest BCUT2D eigenvalue weighted by atomic mass is 9.75. The topological polar surface area (TPSA) is 12.0 Å². The second-order valence-corrected chi connectivity index (χ2v) is 8.32. The molecular formula is C26H20ClN. The lowest BCUT2D eigenvalue weighted by Gasteiger charge is -2.39. The van der Waals surface area contributed by atoms with Crippen LogP contribution >= 0.6 is 11.6 Å². The highest BCUT2D eigenvalue weighted by atomic mass is 35.5. The molecule has 4 aromatic rings. The molecule has 3 unspecified atom stereocenters. The van der Waals surface area contributed by atoms with Crippen molar-refractivity contribution in [3.8, 4) is 0 Å². The summed E-state index contributed by atoms with van der Waals surface area (Å²) >= 11 is 6.64. The molecule has 1 heterocycles. The largest absolute Gasteiger partial charge is 0.376 e. The van der Waals surface area contributed by atoms with E-state index in [2.05, 4.69) is 84.2 Å². The van der Waals surface area contributed by atoms with Crippen LogP contribution in [0.3, 0.4) is 0 Å². The third kappa shape index (κ3) is 2.26. The van der Waals surface area contributed by atoms with Gasteiger partial charge in [0.25, 0.3) is 0 Å². The molecule has 2 heteroatoms. The van der Waals surface area contributed by atoms with E-state index < -0.39 is 0 Å². The normalized spacial score (nSPS) is 22.8. The molecule has 136 valence electrons. The smallest absolute Gasteiger partial charge is 0.0640 e. The minimum absolute atomic E-state index is 0.225. The van der Waals surface area contributed by atoms with Crippen LogP contribution in [0.25, 0.3) is 21.5 Å². The summed E-state index contributed by atoms with van der Waals surface area (Å²) in [6.45, 7) is 0. The summed E-state index contributed by atoms with van der Waals surface area (Å²) in [7, 11) is 0. The maximum absolute atomic E-state index is 6.64. The van der Waals surface area contributed by atoms with Crippen molar-refractivity contribution >= 4 is 38.8 Å². The van der Waals surface area contributed by atoms with Crippen molar-refractivity contribution in [2.75, 3.05) is 5.32 Å². The van der Waals surface area contributed by atoms with Crippen LogP contribution < -0.4 is 5.32 Å². The first-order valence-electron chi connectivity index (χ1n) is 9.93. The molecule has 2 aliphatic rings. The van der Waals surface area contributed by atoms with E-state index in [1.807, 2.05) is 6.07 Å². The predicted octanol–water partition coefficient (Wildman–Crippen LogP) is 7.47. The van der Waals surface area contributed by atoms with Gasteiger partial charge in [-0.05, 0) is 57.1 Å². The van der Waals surface area contributed by atoms with Gasteiger partial charge in [0.05, 0.1) is 16.8 Å². The Morgan fingerprint density at radius 2 is 1.54 bits per heavy atom. The standard InChI is InChI=1S/C26H20ClN/c27-23-14-6-13-21-20-11-5-12-22(20)26(28-25(21)23)24-18-9-3-1-7-16(18)15-17-8-2-4-10-19(17)24/h1-11,13-15,20,22,26,28H,12H2. The molecular weight excluding hydrogens is 362 g/mol. The summed E-state index contributed by atoms with van der Waals surface area (Å²) in [6.07, 6.45) is 5.81. The number of halogens is 1. The van der Waals surface area contributed by atoms with Crippen LogP contribution in [-0.4, -0.2) is 0 Å². The molecule has 3 atom stereocenters. The van der Waals surface area contributed by atoms with Crippen LogP contribution in [0.15, 0.2) is 84.9 Å². The van der Waals surface area contributed by atoms with E-state index in [4.69, 9.17) is 11.6 Å². The molecule has 0 bridgehead atoms. The molecule has 1 N–H and O–H groups in total. The van der Waals surface area contributed by atoms with E-state index >= 15 is 0 Å². The molecule has 0 saturated heterocycles. The summed E-state index contributed by atoms with van der Waals surface area (Å²) in [5.41, 5.74) is 3.82. The van der Waals surface area contributed by atoms with Crippen molar-refractivity contribution in [1.82, 2.24) is 0 Å². The zero-order valence-corrected chi connectivity index (χ0v) is 16.2. The van der Waals surface area contributed by atoms with Crippen LogP contribution in [0.1, 0.15) is 29.5 Å². The Morgan fingerprint density at radius 1 is 0.821 bits per heavy atom. The quantitative estimate of drug-likeness (QED) is 0.266. The first kappa shape index (κ1) is 16.2. The van der Waals surface area contributed by atoms with Gasteiger partial charge in [0.1, 0.15) is 0 Å². The molecule has 0 fully saturated rings. The van der Waals surface area contributed by atoms with Crippen molar-refractivity contribution in [2.45, 2.75) is 18.4 Å². The van der Waals surface area contributed by atoms with Crippen LogP contribution in [0.2, 0.25) is 5.02 Å². The van der Waals surface area contributed by atoms with Gasteiger partial charge in [0, 0.05) is 5.92 Å². The van der Waals surface area contributed by atoms with Gasteiger partial charge in [0.15, 0.2) is 0 Å². The summed E-state index contributed by atoms with van der Waals surface area (Å²) in [5, 5.41) is 9.94. The van der Waals surface area contributed by atoms with Crippen LogP contribution in [0.5, 0.6) is 0 Å². The van der Waals surface area contributed by atoms with Crippen molar-refractivity contribution in [3.05, 3.63) is 101 Å². The number of hydrogen-bond donors (Lipinski definition) is 1. The van der Waals surface area contributed by atoms with Gasteiger partial charge in [0.2, 0.25) is 0 Å². The molecule has 0 saturated carbocycles. The van der Waals surface area contributed by atoms with Gasteiger partial charge < -0.3 is 5.32 Å². The fourth-order valence-corrected chi connectivity index (χ4v) is 5.49. The number of nitrogens with one attached hydrogen (secondary N) is 1. The van der Waals surface area contributed by atoms with E-state index in [9.17, 15) is 0 Å². The van der Waals surface area contributed by atoms with Crippen molar-refractivity contribution < 1.29 is 0 Å². The second-order valence-electron chi connectivity index (χ2n) is 7.91. The molecule has 0 aromatic heterocycles. The zero-order valence-electron chi connectivity index (χ0n) is 15.4. The van der Waals surface area contributed by atoms with Crippen LogP contribution in [0.4, 0.5) is 5.69 Å². The first-order valence-corrected chi connectivity index (χ1v) is 10.3. The van der Waals surface area contributed by atoms with Crippen LogP contribution in [-0.2, 0) is 0 Å². The zero-order chi connectivity index (χ0) is 18.7. The number of anilines is 1. The summed E-state index contributed by atoms with van der Waals surface area (Å²) in [5.74, 6) is 0.915. The molecule has 1 aliphatic carbocycles. The molecule has 6 rings (SSSR count). The summed E-state index contributed by atoms with van der Waals surface area (Å²) in [4.78, 5) is 0. The number of para-hydroxylation sites is 1. The highest BCUT2D eigenvalue weighted by molar-refractivity contribution is 6.33. The molecule has 28 heavy (non-hydrogen) atoms. The monoisotopic (exact) mass is 381 g/mol. The Bertz CT molecular complexity index is 1200. The van der Waals surface area contributed by atoms with E-state index in [1.54, 1.807) is 0 Å². The van der Waals surface area contributed by atoms with E-state index in [1.165, 1.54) is 32.7 Å². The fraction of sp³-hybridized carbons (Fsp3) is 0.154. The Kier molecular flexibility index (Phi) is 3.54. The van der Waals surface area contributed by atoms with Gasteiger partial charge in [-0.25, -0.2) is 0 Å². The van der Waals surface area contributed by atoms with E-state index in [-0.39, 0.29) is 6.04 Å². The Balaban J connectivity index is 1.66. The Hall–Kier alpha value is -2.77. The molecule has 0 radical (unpaired) electrons. The van der Waals surface area contributed by atoms with Gasteiger partial charge in [-0.1, -0.05) is 84.4 Å². The summed E-state index contributed by atoms with van der Waals surface area (Å²) < 4.78 is 0. The van der Waals surface area contributed by atoms with Crippen LogP contribution in [0, 0.1) is 5.92 Å². The van der Waals surface area contributed by atoms with Gasteiger partial charge >= 0.3 is 0 Å². The van der Waals surface area contributed by atoms with Gasteiger partial charge in [-0.15, -0.1) is 0 Å². The number of rotatable bonds is 1. The van der Waals surface area contributed by atoms with E-state index in [0.717, 1.165) is 17.1 Å². The molecule has 0 amide bonds. The SMILES string of the molecule is Clc1cccc2c1NC(c1c3ccccc3cc3ccccc13)C1CC=CC21. The Morgan fingerprint density at radius 3 is 2.29 bits per heavy atom. The second kappa shape index (κ2) is 6.12. The molecule has 1 aliphatic heterocycles. The third-order valence-corrected chi connectivity index (χ3v) is 6.78. The first-order chi connectivity index (χ1) is 13.8. The number of hydrogen-bond acceptors (Lipinski definition) is 1. The number of benzene rings is 4. The van der Waals surface area contributed by atoms with E-state index in [0.29, 0.717) is 11.8 Å². The van der Waals surface area contributed by atoms with Gasteiger partial charge in [-0.2, -0.15) is 0 Å². The average molecular weight is 382 g/mol. The molecule has 4 aromatic carbocycles. The summed E-state index contributed by atoms with van der Waals surface area (Å²) in [6, 6.07) is 26.3. The minimum atomic E-state index is 0.225. The van der Waals surface area contributed by atoms with Crippen molar-refractivity contribution in [3.63, 3.8) is 0 Å². The van der Waals surface area contributed by atoms with Crippen molar-refractivity contribution in [1.29, 1.82) is 0 Å². The molecule has 0 spiro atoms. The fourth-order valence-electron chi connectivity index (χ4n) is 5.25.